The fourth-order valence-corrected chi connectivity index (χ4v) is 3.57. The van der Waals surface area contributed by atoms with Gasteiger partial charge in [-0.2, -0.15) is 0 Å². The molecule has 3 amide bonds. The van der Waals surface area contributed by atoms with Gasteiger partial charge in [0.25, 0.3) is 17.5 Å². The number of hydrogen-bond donors (Lipinski definition) is 1. The van der Waals surface area contributed by atoms with Crippen molar-refractivity contribution in [2.45, 2.75) is 12.8 Å². The minimum absolute atomic E-state index is 0.00405. The van der Waals surface area contributed by atoms with E-state index in [1.165, 1.54) is 47.5 Å². The van der Waals surface area contributed by atoms with Crippen molar-refractivity contribution in [3.05, 3.63) is 69.8 Å². The van der Waals surface area contributed by atoms with E-state index < -0.39 is 10.8 Å². The first kappa shape index (κ1) is 25.2. The van der Waals surface area contributed by atoms with E-state index in [0.29, 0.717) is 36.6 Å². The summed E-state index contributed by atoms with van der Waals surface area (Å²) in [5, 5.41) is 16.1. The van der Waals surface area contributed by atoms with Gasteiger partial charge in [0.15, 0.2) is 0 Å². The lowest BCUT2D eigenvalue weighted by Crippen LogP contribution is -2.45. The van der Waals surface area contributed by atoms with Gasteiger partial charge >= 0.3 is 0 Å². The summed E-state index contributed by atoms with van der Waals surface area (Å²) in [5.41, 5.74) is 0.791. The van der Waals surface area contributed by atoms with Crippen molar-refractivity contribution in [2.75, 3.05) is 33.9 Å². The van der Waals surface area contributed by atoms with Crippen LogP contribution in [0.25, 0.3) is 6.08 Å². The van der Waals surface area contributed by atoms with Crippen LogP contribution in [0.5, 0.6) is 11.5 Å². The largest absolute Gasteiger partial charge is 0.497 e. The van der Waals surface area contributed by atoms with Crippen LogP contribution in [0.4, 0.5) is 5.69 Å². The van der Waals surface area contributed by atoms with E-state index in [-0.39, 0.29) is 36.0 Å². The van der Waals surface area contributed by atoms with E-state index in [1.807, 2.05) is 0 Å². The van der Waals surface area contributed by atoms with Crippen LogP contribution < -0.4 is 14.8 Å². The van der Waals surface area contributed by atoms with Gasteiger partial charge in [-0.05, 0) is 42.8 Å². The van der Waals surface area contributed by atoms with E-state index >= 15 is 0 Å². The molecule has 11 heteroatoms. The van der Waals surface area contributed by atoms with Crippen LogP contribution in [-0.2, 0) is 9.59 Å². The molecule has 0 unspecified atom stereocenters. The van der Waals surface area contributed by atoms with Crippen molar-refractivity contribution in [3.63, 3.8) is 0 Å². The van der Waals surface area contributed by atoms with Crippen LogP contribution in [0, 0.1) is 10.1 Å². The summed E-state index contributed by atoms with van der Waals surface area (Å²) in [5.74, 6) is 0.0969. The third kappa shape index (κ3) is 6.34. The van der Waals surface area contributed by atoms with Crippen LogP contribution in [0.3, 0.4) is 0 Å². The second kappa shape index (κ2) is 11.6. The Labute approximate surface area is 202 Å². The predicted molar refractivity (Wildman–Crippen MR) is 127 cm³/mol. The van der Waals surface area contributed by atoms with Gasteiger partial charge in [0.1, 0.15) is 11.5 Å². The lowest BCUT2D eigenvalue weighted by molar-refractivity contribution is -0.384. The van der Waals surface area contributed by atoms with E-state index in [0.717, 1.165) is 0 Å². The minimum Gasteiger partial charge on any atom is -0.497 e. The van der Waals surface area contributed by atoms with Gasteiger partial charge in [-0.3, -0.25) is 29.5 Å². The first-order valence-electron chi connectivity index (χ1n) is 10.9. The summed E-state index contributed by atoms with van der Waals surface area (Å²) in [6.45, 7) is 0.862. The Morgan fingerprint density at radius 2 is 1.77 bits per heavy atom. The molecule has 0 spiro atoms. The molecule has 1 aliphatic heterocycles. The van der Waals surface area contributed by atoms with Crippen LogP contribution in [0.2, 0.25) is 0 Å². The van der Waals surface area contributed by atoms with Crippen molar-refractivity contribution in [2.24, 2.45) is 0 Å². The molecule has 0 bridgehead atoms. The maximum atomic E-state index is 12.8. The van der Waals surface area contributed by atoms with E-state index in [2.05, 4.69) is 5.32 Å². The number of nitro groups is 1. The summed E-state index contributed by atoms with van der Waals surface area (Å²) in [6, 6.07) is 10.4. The van der Waals surface area contributed by atoms with Gasteiger partial charge in [0.05, 0.1) is 19.1 Å². The first-order valence-corrected chi connectivity index (χ1v) is 10.9. The second-order valence-electron chi connectivity index (χ2n) is 7.58. The average Bonchev–Trinajstić information content (AvgIpc) is 3.37. The van der Waals surface area contributed by atoms with Crippen LogP contribution in [-0.4, -0.2) is 66.5 Å². The summed E-state index contributed by atoms with van der Waals surface area (Å²) in [6.07, 6.45) is 3.62. The molecule has 0 aromatic heterocycles. The number of benzene rings is 2. The minimum atomic E-state index is -0.550. The summed E-state index contributed by atoms with van der Waals surface area (Å²) >= 11 is 0. The van der Waals surface area contributed by atoms with Crippen LogP contribution in [0.15, 0.2) is 48.5 Å². The van der Waals surface area contributed by atoms with Crippen LogP contribution in [0.1, 0.15) is 28.8 Å². The predicted octanol–water partition coefficient (Wildman–Crippen LogP) is 2.42. The summed E-state index contributed by atoms with van der Waals surface area (Å²) in [7, 11) is 3.07. The molecule has 11 nitrogen and oxygen atoms in total. The standard InChI is InChI=1S/C24H26N4O7/c1-34-20-9-10-21(35-2)18(16-20)6-11-22(29)26-14-3-15-27(26)23(30)12-13-25-24(31)17-4-7-19(8-5-17)28(32)33/h4-11,16H,3,12-15H2,1-2H3,(H,25,31)/b11-6+. The smallest absolute Gasteiger partial charge is 0.269 e. The van der Waals surface area contributed by atoms with Crippen molar-refractivity contribution in [1.29, 1.82) is 0 Å². The molecule has 2 aromatic carbocycles. The van der Waals surface area contributed by atoms with Crippen molar-refractivity contribution in [3.8, 4) is 11.5 Å². The van der Waals surface area contributed by atoms with Crippen molar-refractivity contribution < 1.29 is 28.8 Å². The normalized spacial score (nSPS) is 13.1. The molecule has 1 aliphatic rings. The maximum absolute atomic E-state index is 12.8. The summed E-state index contributed by atoms with van der Waals surface area (Å²) < 4.78 is 10.5. The molecule has 184 valence electrons. The third-order valence-corrected chi connectivity index (χ3v) is 5.38. The Hall–Kier alpha value is -4.41. The number of non-ortho nitro benzene ring substituents is 1. The lowest BCUT2D eigenvalue weighted by atomic mass is 10.1. The van der Waals surface area contributed by atoms with Crippen LogP contribution >= 0.6 is 0 Å². The molecular formula is C24H26N4O7. The molecule has 1 saturated heterocycles. The Morgan fingerprint density at radius 1 is 1.06 bits per heavy atom. The van der Waals surface area contributed by atoms with Crippen molar-refractivity contribution >= 4 is 29.5 Å². The van der Waals surface area contributed by atoms with Gasteiger partial charge in [0, 0.05) is 55.4 Å². The molecule has 0 saturated carbocycles. The lowest BCUT2D eigenvalue weighted by Gasteiger charge is -2.27. The first-order chi connectivity index (χ1) is 16.8. The SMILES string of the molecule is COc1ccc(OC)c(/C=C/C(=O)N2CCCN2C(=O)CCNC(=O)c2ccc([N+](=O)[O-])cc2)c1. The van der Waals surface area contributed by atoms with E-state index in [9.17, 15) is 24.5 Å². The third-order valence-electron chi connectivity index (χ3n) is 5.38. The number of methoxy groups -OCH3 is 2. The number of hydrazine groups is 1. The van der Waals surface area contributed by atoms with E-state index in [1.54, 1.807) is 31.4 Å². The zero-order valence-corrected chi connectivity index (χ0v) is 19.4. The maximum Gasteiger partial charge on any atom is 0.269 e. The molecule has 2 aromatic rings. The highest BCUT2D eigenvalue weighted by Gasteiger charge is 2.29. The van der Waals surface area contributed by atoms with Gasteiger partial charge in [-0.1, -0.05) is 0 Å². The molecular weight excluding hydrogens is 456 g/mol. The number of nitro benzene ring substituents is 1. The molecule has 3 rings (SSSR count). The monoisotopic (exact) mass is 482 g/mol. The highest BCUT2D eigenvalue weighted by Crippen LogP contribution is 2.25. The van der Waals surface area contributed by atoms with Gasteiger partial charge in [-0.25, -0.2) is 5.01 Å². The number of hydrogen-bond acceptors (Lipinski definition) is 7. The molecule has 0 radical (unpaired) electrons. The Kier molecular flexibility index (Phi) is 8.38. The Bertz CT molecular complexity index is 1130. The fraction of sp³-hybridized carbons (Fsp3) is 0.292. The second-order valence-corrected chi connectivity index (χ2v) is 7.58. The summed E-state index contributed by atoms with van der Waals surface area (Å²) in [4.78, 5) is 47.9. The molecule has 35 heavy (non-hydrogen) atoms. The van der Waals surface area contributed by atoms with Gasteiger partial charge in [-0.15, -0.1) is 0 Å². The molecule has 0 aliphatic carbocycles. The highest BCUT2D eigenvalue weighted by atomic mass is 16.6. The Balaban J connectivity index is 1.55. The number of carbonyl (C=O) groups is 3. The molecule has 1 fully saturated rings. The van der Waals surface area contributed by atoms with E-state index in [4.69, 9.17) is 9.47 Å². The highest BCUT2D eigenvalue weighted by molar-refractivity contribution is 5.95. The molecule has 1 N–H and O–H groups in total. The molecule has 0 atom stereocenters. The van der Waals surface area contributed by atoms with Gasteiger partial charge < -0.3 is 14.8 Å². The number of rotatable bonds is 9. The average molecular weight is 482 g/mol. The Morgan fingerprint density at radius 3 is 2.43 bits per heavy atom. The quantitative estimate of drug-likeness (QED) is 0.330. The number of ether oxygens (including phenoxy) is 2. The zero-order valence-electron chi connectivity index (χ0n) is 19.4. The molecule has 1 heterocycles. The number of amides is 3. The van der Waals surface area contributed by atoms with Crippen molar-refractivity contribution in [1.82, 2.24) is 15.3 Å². The number of nitrogens with zero attached hydrogens (tertiary/aromatic N) is 3. The number of carbonyl (C=O) groups excluding carboxylic acids is 3. The topological polar surface area (TPSA) is 131 Å². The van der Waals surface area contributed by atoms with Gasteiger partial charge in [0.2, 0.25) is 5.91 Å². The fourth-order valence-electron chi connectivity index (χ4n) is 3.57. The zero-order chi connectivity index (χ0) is 25.4. The number of nitrogens with one attached hydrogen (secondary N) is 1.